The van der Waals surface area contributed by atoms with Gasteiger partial charge in [-0.1, -0.05) is 18.6 Å². The summed E-state index contributed by atoms with van der Waals surface area (Å²) in [7, 11) is 0. The molecule has 2 rings (SSSR count). The van der Waals surface area contributed by atoms with Crippen LogP contribution < -0.4 is 10.2 Å². The van der Waals surface area contributed by atoms with Gasteiger partial charge < -0.3 is 10.2 Å². The molecule has 92 valence electrons. The monoisotopic (exact) mass is 232 g/mol. The Kier molecular flexibility index (Phi) is 4.09. The van der Waals surface area contributed by atoms with E-state index >= 15 is 0 Å². The molecule has 17 heavy (non-hydrogen) atoms. The van der Waals surface area contributed by atoms with Gasteiger partial charge in [-0.2, -0.15) is 5.10 Å². The minimum atomic E-state index is 0.794. The van der Waals surface area contributed by atoms with E-state index in [2.05, 4.69) is 52.5 Å². The molecule has 1 aromatic heterocycles. The Morgan fingerprint density at radius 1 is 1.35 bits per heavy atom. The number of hydrogen-bond acceptors (Lipinski definition) is 4. The van der Waals surface area contributed by atoms with Crippen molar-refractivity contribution in [1.82, 2.24) is 15.5 Å². The van der Waals surface area contributed by atoms with Gasteiger partial charge in [0, 0.05) is 19.6 Å². The average molecular weight is 232 g/mol. The molecule has 1 aromatic rings. The minimum Gasteiger partial charge on any atom is -0.351 e. The largest absolute Gasteiger partial charge is 0.351 e. The molecule has 0 amide bonds. The summed E-state index contributed by atoms with van der Waals surface area (Å²) in [6.45, 7) is 8.02. The van der Waals surface area contributed by atoms with E-state index in [9.17, 15) is 0 Å². The van der Waals surface area contributed by atoms with E-state index in [1.54, 1.807) is 0 Å². The number of hydrogen-bond donors (Lipinski definition) is 1. The zero-order valence-electron chi connectivity index (χ0n) is 10.6. The van der Waals surface area contributed by atoms with Gasteiger partial charge >= 0.3 is 0 Å². The van der Waals surface area contributed by atoms with Gasteiger partial charge in [-0.05, 0) is 32.0 Å². The van der Waals surface area contributed by atoms with Gasteiger partial charge in [0.2, 0.25) is 0 Å². The number of aromatic nitrogens is 2. The van der Waals surface area contributed by atoms with Crippen molar-refractivity contribution >= 4 is 5.82 Å². The van der Waals surface area contributed by atoms with Crippen LogP contribution >= 0.6 is 0 Å². The second-order valence-electron chi connectivity index (χ2n) is 4.41. The van der Waals surface area contributed by atoms with Gasteiger partial charge in [-0.25, -0.2) is 0 Å². The van der Waals surface area contributed by atoms with Crippen LogP contribution in [0.3, 0.4) is 0 Å². The molecule has 4 heteroatoms. The summed E-state index contributed by atoms with van der Waals surface area (Å²) in [5.74, 6) is 0.981. The third kappa shape index (κ3) is 3.27. The molecule has 4 nitrogen and oxygen atoms in total. The lowest BCUT2D eigenvalue weighted by Gasteiger charge is -2.25. The van der Waals surface area contributed by atoms with Crippen LogP contribution in [0.15, 0.2) is 23.8 Å². The zero-order valence-corrected chi connectivity index (χ0v) is 10.6. The van der Waals surface area contributed by atoms with Crippen molar-refractivity contribution in [3.8, 4) is 0 Å². The molecule has 0 saturated heterocycles. The van der Waals surface area contributed by atoms with Gasteiger partial charge in [-0.15, -0.1) is 5.10 Å². The summed E-state index contributed by atoms with van der Waals surface area (Å²) in [6, 6.07) is 4.12. The van der Waals surface area contributed by atoms with Crippen LogP contribution in [0.5, 0.6) is 0 Å². The molecule has 2 heterocycles. The summed E-state index contributed by atoms with van der Waals surface area (Å²) in [6.07, 6.45) is 3.39. The molecular formula is C13H20N4. The highest BCUT2D eigenvalue weighted by Gasteiger charge is 2.11. The van der Waals surface area contributed by atoms with E-state index in [4.69, 9.17) is 0 Å². The lowest BCUT2D eigenvalue weighted by Crippen LogP contribution is -2.29. The third-order valence-electron chi connectivity index (χ3n) is 3.02. The summed E-state index contributed by atoms with van der Waals surface area (Å²) in [5, 5.41) is 11.8. The number of nitrogens with zero attached hydrogens (tertiary/aromatic N) is 3. The van der Waals surface area contributed by atoms with Crippen molar-refractivity contribution in [2.45, 2.75) is 26.8 Å². The highest BCUT2D eigenvalue weighted by Crippen LogP contribution is 2.16. The van der Waals surface area contributed by atoms with Crippen molar-refractivity contribution in [2.75, 3.05) is 24.5 Å². The van der Waals surface area contributed by atoms with Crippen molar-refractivity contribution in [3.63, 3.8) is 0 Å². The van der Waals surface area contributed by atoms with E-state index in [1.807, 2.05) is 0 Å². The van der Waals surface area contributed by atoms with Crippen LogP contribution in [0, 0.1) is 0 Å². The molecule has 0 fully saturated rings. The molecule has 0 aliphatic carbocycles. The first-order valence-corrected chi connectivity index (χ1v) is 6.23. The second kappa shape index (κ2) is 5.77. The maximum atomic E-state index is 4.29. The van der Waals surface area contributed by atoms with Gasteiger partial charge in [0.05, 0.1) is 5.69 Å². The van der Waals surface area contributed by atoms with Gasteiger partial charge in [0.1, 0.15) is 0 Å². The van der Waals surface area contributed by atoms with Crippen molar-refractivity contribution in [3.05, 3.63) is 29.5 Å². The molecule has 1 N–H and O–H groups in total. The van der Waals surface area contributed by atoms with Gasteiger partial charge in [0.25, 0.3) is 0 Å². The predicted molar refractivity (Wildman–Crippen MR) is 70.0 cm³/mol. The Balaban J connectivity index is 1.98. The van der Waals surface area contributed by atoms with Crippen LogP contribution in [0.2, 0.25) is 0 Å². The Morgan fingerprint density at radius 2 is 2.24 bits per heavy atom. The highest BCUT2D eigenvalue weighted by molar-refractivity contribution is 5.40. The summed E-state index contributed by atoms with van der Waals surface area (Å²) < 4.78 is 0. The van der Waals surface area contributed by atoms with Crippen LogP contribution in [0.25, 0.3) is 0 Å². The second-order valence-corrected chi connectivity index (χ2v) is 4.41. The average Bonchev–Trinajstić information content (AvgIpc) is 2.38. The smallest absolute Gasteiger partial charge is 0.151 e. The first-order valence-electron chi connectivity index (χ1n) is 6.23. The fourth-order valence-electron chi connectivity index (χ4n) is 1.85. The van der Waals surface area contributed by atoms with Crippen LogP contribution in [-0.4, -0.2) is 29.8 Å². The molecule has 0 saturated carbocycles. The fraction of sp³-hybridized carbons (Fsp3) is 0.538. The summed E-state index contributed by atoms with van der Waals surface area (Å²) in [5.41, 5.74) is 2.47. The molecule has 0 unspecified atom stereocenters. The molecule has 1 aliphatic heterocycles. The molecule has 0 aromatic carbocycles. The predicted octanol–water partition coefficient (Wildman–Crippen LogP) is 1.74. The minimum absolute atomic E-state index is 0.794. The lowest BCUT2D eigenvalue weighted by atomic mass is 10.1. The Labute approximate surface area is 103 Å². The third-order valence-corrected chi connectivity index (χ3v) is 3.02. The molecule has 1 aliphatic rings. The fourth-order valence-corrected chi connectivity index (χ4v) is 1.85. The molecule has 0 atom stereocenters. The molecule has 0 bridgehead atoms. The van der Waals surface area contributed by atoms with E-state index in [-0.39, 0.29) is 0 Å². The molecular weight excluding hydrogens is 212 g/mol. The van der Waals surface area contributed by atoms with E-state index < -0.39 is 0 Å². The normalized spacial score (nSPS) is 15.9. The Bertz CT molecular complexity index is 383. The standard InChI is InChI=1S/C13H20N4/c1-3-14-10-12-4-5-13(16-15-12)17-8-6-11(2)7-9-17/h4-6,14H,3,7-10H2,1-2H3. The van der Waals surface area contributed by atoms with E-state index in [1.165, 1.54) is 5.57 Å². The number of nitrogens with one attached hydrogen (secondary N) is 1. The number of anilines is 1. The zero-order chi connectivity index (χ0) is 12.1. The maximum absolute atomic E-state index is 4.29. The van der Waals surface area contributed by atoms with Crippen LogP contribution in [0.1, 0.15) is 26.0 Å². The molecule has 0 spiro atoms. The first kappa shape index (κ1) is 12.0. The molecule has 0 radical (unpaired) electrons. The Hall–Kier alpha value is -1.42. The Morgan fingerprint density at radius 3 is 2.82 bits per heavy atom. The van der Waals surface area contributed by atoms with Gasteiger partial charge in [-0.3, -0.25) is 0 Å². The van der Waals surface area contributed by atoms with Crippen LogP contribution in [-0.2, 0) is 6.54 Å². The van der Waals surface area contributed by atoms with E-state index in [0.29, 0.717) is 0 Å². The van der Waals surface area contributed by atoms with Crippen LogP contribution in [0.4, 0.5) is 5.82 Å². The van der Waals surface area contributed by atoms with Crippen molar-refractivity contribution in [2.24, 2.45) is 0 Å². The highest BCUT2D eigenvalue weighted by atomic mass is 15.3. The quantitative estimate of drug-likeness (QED) is 0.803. The van der Waals surface area contributed by atoms with Crippen molar-refractivity contribution < 1.29 is 0 Å². The van der Waals surface area contributed by atoms with E-state index in [0.717, 1.165) is 44.1 Å². The first-order chi connectivity index (χ1) is 8.29. The topological polar surface area (TPSA) is 41.0 Å². The summed E-state index contributed by atoms with van der Waals surface area (Å²) >= 11 is 0. The van der Waals surface area contributed by atoms with Gasteiger partial charge in [0.15, 0.2) is 5.82 Å². The number of rotatable bonds is 4. The lowest BCUT2D eigenvalue weighted by molar-refractivity contribution is 0.692. The SMILES string of the molecule is CCNCc1ccc(N2CC=C(C)CC2)nn1. The summed E-state index contributed by atoms with van der Waals surface area (Å²) in [4.78, 5) is 2.26. The maximum Gasteiger partial charge on any atom is 0.151 e. The van der Waals surface area contributed by atoms with Crippen molar-refractivity contribution in [1.29, 1.82) is 0 Å².